The number of thioether (sulfide) groups is 2. The summed E-state index contributed by atoms with van der Waals surface area (Å²) in [7, 11) is 2.28. The molecule has 0 N–H and O–H groups in total. The number of ether oxygens (including phenoxy) is 1. The Kier molecular flexibility index (Phi) is 1.41. The van der Waals surface area contributed by atoms with Crippen LogP contribution in [0.1, 0.15) is 20.3 Å². The quantitative estimate of drug-likeness (QED) is 0.659. The summed E-state index contributed by atoms with van der Waals surface area (Å²) in [5.41, 5.74) is 0.0366. The molecule has 4 heterocycles. The van der Waals surface area contributed by atoms with E-state index in [0.717, 1.165) is 33.6 Å². The molecule has 0 aromatic heterocycles. The number of hydrogen-bond acceptors (Lipinski definition) is 4. The maximum Gasteiger partial charge on any atom is 0.125 e. The molecular weight excluding hydrogens is 238 g/mol. The van der Waals surface area contributed by atoms with Crippen LogP contribution >= 0.6 is 23.5 Å². The fourth-order valence-electron chi connectivity index (χ4n) is 5.43. The van der Waals surface area contributed by atoms with E-state index >= 15 is 0 Å². The molecule has 5 fully saturated rings. The molecule has 16 heavy (non-hydrogen) atoms. The fraction of sp³-hybridized carbons (Fsp3) is 1.00. The zero-order valence-electron chi connectivity index (χ0n) is 9.84. The van der Waals surface area contributed by atoms with Gasteiger partial charge in [-0.15, -0.1) is 23.5 Å². The second kappa shape index (κ2) is 2.36. The zero-order valence-corrected chi connectivity index (χ0v) is 11.5. The van der Waals surface area contributed by atoms with Gasteiger partial charge in [-0.3, -0.25) is 4.90 Å². The van der Waals surface area contributed by atoms with Crippen LogP contribution in [-0.2, 0) is 4.74 Å². The van der Waals surface area contributed by atoms with Gasteiger partial charge in [0.05, 0.1) is 9.96 Å². The van der Waals surface area contributed by atoms with E-state index in [1.54, 1.807) is 0 Å². The van der Waals surface area contributed by atoms with Crippen molar-refractivity contribution in [3.8, 4) is 0 Å². The first-order valence-electron chi connectivity index (χ1n) is 6.31. The van der Waals surface area contributed by atoms with Crippen molar-refractivity contribution >= 4 is 23.5 Å². The highest BCUT2D eigenvalue weighted by Gasteiger charge is 2.79. The van der Waals surface area contributed by atoms with Crippen molar-refractivity contribution in [2.75, 3.05) is 7.05 Å². The molecule has 0 aromatic carbocycles. The molecule has 0 unspecified atom stereocenters. The first kappa shape index (κ1) is 9.54. The lowest BCUT2D eigenvalue weighted by molar-refractivity contribution is -0.128. The summed E-state index contributed by atoms with van der Waals surface area (Å²) in [6.07, 6.45) is 1.48. The van der Waals surface area contributed by atoms with E-state index in [4.69, 9.17) is 4.74 Å². The van der Waals surface area contributed by atoms with Crippen LogP contribution in [-0.4, -0.2) is 32.6 Å². The maximum atomic E-state index is 6.57. The second-order valence-electron chi connectivity index (χ2n) is 6.41. The normalized spacial score (nSPS) is 74.4. The molecule has 4 saturated heterocycles. The Balaban J connectivity index is 1.80. The van der Waals surface area contributed by atoms with Crippen LogP contribution in [0.25, 0.3) is 0 Å². The standard InChI is InChI=1S/C12H17NOS2/c1-11-7-5-4-6-8(7)12(2,14-11)16-10(6)15-9(5)13(11)3/h5-10H,4H2,1-3H3/t5-,6+,7-,8+,9-,10-,11+,12+/m1/s1. The third-order valence-corrected chi connectivity index (χ3v) is 9.50. The number of rotatable bonds is 0. The van der Waals surface area contributed by atoms with Crippen LogP contribution in [0, 0.1) is 23.7 Å². The van der Waals surface area contributed by atoms with Gasteiger partial charge in [0, 0.05) is 11.8 Å². The summed E-state index contributed by atoms with van der Waals surface area (Å²) in [5.74, 6) is 3.50. The smallest absolute Gasteiger partial charge is 0.125 e. The third kappa shape index (κ3) is 0.714. The minimum atomic E-state index is 0.0366. The van der Waals surface area contributed by atoms with E-state index in [0.29, 0.717) is 0 Å². The van der Waals surface area contributed by atoms with Gasteiger partial charge in [0.1, 0.15) is 10.7 Å². The average molecular weight is 255 g/mol. The van der Waals surface area contributed by atoms with Crippen LogP contribution in [0.4, 0.5) is 0 Å². The monoisotopic (exact) mass is 255 g/mol. The molecule has 4 heteroatoms. The van der Waals surface area contributed by atoms with Crippen molar-refractivity contribution in [3.63, 3.8) is 0 Å². The molecular formula is C12H17NOS2. The summed E-state index contributed by atoms with van der Waals surface area (Å²) in [6.45, 7) is 4.70. The predicted molar refractivity (Wildman–Crippen MR) is 67.0 cm³/mol. The summed E-state index contributed by atoms with van der Waals surface area (Å²) in [6, 6.07) is 0. The Labute approximate surface area is 105 Å². The lowest BCUT2D eigenvalue weighted by atomic mass is 9.83. The van der Waals surface area contributed by atoms with Crippen molar-refractivity contribution in [1.82, 2.24) is 4.90 Å². The predicted octanol–water partition coefficient (Wildman–Crippen LogP) is 2.41. The molecule has 5 aliphatic rings. The van der Waals surface area contributed by atoms with E-state index in [9.17, 15) is 0 Å². The van der Waals surface area contributed by atoms with Crippen molar-refractivity contribution in [1.29, 1.82) is 0 Å². The summed E-state index contributed by atoms with van der Waals surface area (Å²) in [5, 5.41) is 0.735. The minimum absolute atomic E-state index is 0.0366. The fourth-order valence-corrected chi connectivity index (χ4v) is 9.81. The molecule has 88 valence electrons. The summed E-state index contributed by atoms with van der Waals surface area (Å²) >= 11 is 4.38. The molecule has 0 spiro atoms. The first-order valence-corrected chi connectivity index (χ1v) is 8.13. The van der Waals surface area contributed by atoms with Crippen LogP contribution in [0.5, 0.6) is 0 Å². The SMILES string of the molecule is CN1[C@@H]2S[C@@H]3S[C@]4(C)O[C@@]1(C)[C@@H]1[C@H]2C[C@H]3[C@@H]14. The summed E-state index contributed by atoms with van der Waals surface area (Å²) in [4.78, 5) is 2.67. The van der Waals surface area contributed by atoms with Gasteiger partial charge in [0.25, 0.3) is 0 Å². The van der Waals surface area contributed by atoms with Crippen LogP contribution in [0.3, 0.4) is 0 Å². The van der Waals surface area contributed by atoms with Crippen molar-refractivity contribution in [2.24, 2.45) is 23.7 Å². The van der Waals surface area contributed by atoms with Gasteiger partial charge in [0.15, 0.2) is 0 Å². The van der Waals surface area contributed by atoms with Crippen molar-refractivity contribution in [2.45, 2.75) is 40.9 Å². The average Bonchev–Trinajstić information content (AvgIpc) is 2.80. The van der Waals surface area contributed by atoms with E-state index in [2.05, 4.69) is 49.3 Å². The van der Waals surface area contributed by atoms with E-state index in [1.165, 1.54) is 6.42 Å². The molecule has 1 aliphatic carbocycles. The Morgan fingerprint density at radius 2 is 2.06 bits per heavy atom. The lowest BCUT2D eigenvalue weighted by Gasteiger charge is -2.41. The van der Waals surface area contributed by atoms with Crippen molar-refractivity contribution in [3.05, 3.63) is 0 Å². The summed E-state index contributed by atoms with van der Waals surface area (Å²) < 4.78 is 7.39. The topological polar surface area (TPSA) is 12.5 Å². The zero-order chi connectivity index (χ0) is 10.9. The number of hydrogen-bond donors (Lipinski definition) is 0. The molecule has 8 atom stereocenters. The van der Waals surface area contributed by atoms with Gasteiger partial charge in [-0.05, 0) is 39.2 Å². The highest BCUT2D eigenvalue weighted by Crippen LogP contribution is 2.79. The molecule has 5 rings (SSSR count). The Morgan fingerprint density at radius 3 is 2.88 bits per heavy atom. The third-order valence-electron chi connectivity index (χ3n) is 5.91. The minimum Gasteiger partial charge on any atom is -0.343 e. The molecule has 0 radical (unpaired) electrons. The van der Waals surface area contributed by atoms with Gasteiger partial charge in [-0.2, -0.15) is 0 Å². The largest absolute Gasteiger partial charge is 0.343 e. The number of nitrogens with zero attached hydrogens (tertiary/aromatic N) is 1. The maximum absolute atomic E-state index is 6.57. The molecule has 0 amide bonds. The molecule has 2 nitrogen and oxygen atoms in total. The van der Waals surface area contributed by atoms with E-state index < -0.39 is 0 Å². The molecule has 1 saturated carbocycles. The van der Waals surface area contributed by atoms with Crippen LogP contribution in [0.2, 0.25) is 0 Å². The molecule has 2 bridgehead atoms. The van der Waals surface area contributed by atoms with Gasteiger partial charge in [-0.1, -0.05) is 0 Å². The second-order valence-corrected chi connectivity index (χ2v) is 9.53. The van der Waals surface area contributed by atoms with Crippen molar-refractivity contribution < 1.29 is 4.74 Å². The van der Waals surface area contributed by atoms with Gasteiger partial charge in [-0.25, -0.2) is 0 Å². The lowest BCUT2D eigenvalue weighted by Crippen LogP contribution is -2.48. The highest BCUT2D eigenvalue weighted by atomic mass is 32.2. The van der Waals surface area contributed by atoms with E-state index in [-0.39, 0.29) is 10.7 Å². The Bertz CT molecular complexity index is 404. The van der Waals surface area contributed by atoms with E-state index in [1.807, 2.05) is 0 Å². The first-order chi connectivity index (χ1) is 7.55. The molecule has 4 aliphatic heterocycles. The van der Waals surface area contributed by atoms with Gasteiger partial charge in [0.2, 0.25) is 0 Å². The Morgan fingerprint density at radius 1 is 1.25 bits per heavy atom. The highest BCUT2D eigenvalue weighted by molar-refractivity contribution is 8.18. The van der Waals surface area contributed by atoms with Gasteiger partial charge >= 0.3 is 0 Å². The van der Waals surface area contributed by atoms with Crippen LogP contribution < -0.4 is 0 Å². The number of likely N-dealkylation sites (tertiary alicyclic amines) is 1. The molecule has 0 aromatic rings. The Hall–Kier alpha value is 0.620. The van der Waals surface area contributed by atoms with Gasteiger partial charge < -0.3 is 4.74 Å². The van der Waals surface area contributed by atoms with Crippen LogP contribution in [0.15, 0.2) is 0 Å².